The molecule has 0 radical (unpaired) electrons. The Morgan fingerprint density at radius 2 is 2.18 bits per heavy atom. The first kappa shape index (κ1) is 14.2. The van der Waals surface area contributed by atoms with Crippen molar-refractivity contribution in [2.45, 2.75) is 37.4 Å². The van der Waals surface area contributed by atoms with Crippen molar-refractivity contribution in [3.05, 3.63) is 0 Å². The van der Waals surface area contributed by atoms with E-state index in [1.54, 1.807) is 6.92 Å². The van der Waals surface area contributed by atoms with Crippen molar-refractivity contribution in [2.75, 3.05) is 12.8 Å². The number of rotatable bonds is 5. The number of nitrogens with one attached hydrogen (secondary N) is 1. The van der Waals surface area contributed by atoms with E-state index in [4.69, 9.17) is 10.9 Å². The molecule has 0 bridgehead atoms. The first-order chi connectivity index (χ1) is 8.04. The zero-order valence-corrected chi connectivity index (χ0v) is 11.2. The van der Waals surface area contributed by atoms with Gasteiger partial charge < -0.3 is 16.3 Å². The fourth-order valence-electron chi connectivity index (χ4n) is 2.09. The van der Waals surface area contributed by atoms with Crippen LogP contribution in [0, 0.1) is 5.92 Å². The standard InChI is InChI=1S/C11H21N3O2S/c1-8(9(12)14-16)10(15)13-7-11(17-2)5-3-4-6-11/h8,16H,3-7H2,1-2H3,(H2,12,14)(H,13,15). The molecule has 1 atom stereocenters. The smallest absolute Gasteiger partial charge is 0.230 e. The molecule has 0 aromatic rings. The number of nitrogens with two attached hydrogens (primary N) is 1. The van der Waals surface area contributed by atoms with Gasteiger partial charge >= 0.3 is 0 Å². The van der Waals surface area contributed by atoms with E-state index in [-0.39, 0.29) is 16.5 Å². The van der Waals surface area contributed by atoms with Crippen LogP contribution >= 0.6 is 11.8 Å². The summed E-state index contributed by atoms with van der Waals surface area (Å²) in [7, 11) is 0. The average Bonchev–Trinajstić information content (AvgIpc) is 2.83. The van der Waals surface area contributed by atoms with Gasteiger partial charge in [-0.2, -0.15) is 11.8 Å². The second-order valence-electron chi connectivity index (χ2n) is 4.56. The molecule has 0 aliphatic heterocycles. The van der Waals surface area contributed by atoms with E-state index >= 15 is 0 Å². The summed E-state index contributed by atoms with van der Waals surface area (Å²) in [5, 5.41) is 14.3. The van der Waals surface area contributed by atoms with E-state index < -0.39 is 5.92 Å². The minimum absolute atomic E-state index is 0.0490. The first-order valence-electron chi connectivity index (χ1n) is 5.85. The molecule has 1 rings (SSSR count). The zero-order chi connectivity index (χ0) is 12.9. The maximum absolute atomic E-state index is 11.8. The number of hydrogen-bond acceptors (Lipinski definition) is 4. The molecule has 5 nitrogen and oxygen atoms in total. The average molecular weight is 259 g/mol. The van der Waals surface area contributed by atoms with Crippen LogP contribution in [-0.2, 0) is 4.79 Å². The van der Waals surface area contributed by atoms with Crippen LogP contribution in [0.4, 0.5) is 0 Å². The predicted molar refractivity (Wildman–Crippen MR) is 70.3 cm³/mol. The third kappa shape index (κ3) is 3.52. The Bertz CT molecular complexity index is 301. The van der Waals surface area contributed by atoms with Crippen molar-refractivity contribution in [3.8, 4) is 0 Å². The molecule has 98 valence electrons. The fourth-order valence-corrected chi connectivity index (χ4v) is 3.01. The van der Waals surface area contributed by atoms with Crippen LogP contribution in [0.25, 0.3) is 0 Å². The molecule has 1 aliphatic carbocycles. The molecular weight excluding hydrogens is 238 g/mol. The van der Waals surface area contributed by atoms with Crippen LogP contribution in [-0.4, -0.2) is 34.5 Å². The molecule has 6 heteroatoms. The number of amides is 1. The van der Waals surface area contributed by atoms with Crippen LogP contribution in [0.2, 0.25) is 0 Å². The quantitative estimate of drug-likeness (QED) is 0.299. The van der Waals surface area contributed by atoms with Crippen molar-refractivity contribution >= 4 is 23.5 Å². The van der Waals surface area contributed by atoms with E-state index in [9.17, 15) is 4.79 Å². The Balaban J connectivity index is 2.47. The minimum atomic E-state index is -0.583. The summed E-state index contributed by atoms with van der Waals surface area (Å²) in [4.78, 5) is 11.8. The largest absolute Gasteiger partial charge is 0.409 e. The van der Waals surface area contributed by atoms with E-state index in [1.165, 1.54) is 12.8 Å². The van der Waals surface area contributed by atoms with Gasteiger partial charge in [0.15, 0.2) is 5.84 Å². The topological polar surface area (TPSA) is 87.7 Å². The third-order valence-corrected chi connectivity index (χ3v) is 4.90. The normalized spacial score (nSPS) is 21.2. The van der Waals surface area contributed by atoms with E-state index in [1.807, 2.05) is 11.8 Å². The summed E-state index contributed by atoms with van der Waals surface area (Å²) in [5.41, 5.74) is 5.40. The van der Waals surface area contributed by atoms with Gasteiger partial charge in [-0.05, 0) is 26.0 Å². The lowest BCUT2D eigenvalue weighted by Crippen LogP contribution is -2.43. The lowest BCUT2D eigenvalue weighted by Gasteiger charge is -2.27. The van der Waals surface area contributed by atoms with Gasteiger partial charge in [-0.15, -0.1) is 0 Å². The van der Waals surface area contributed by atoms with Gasteiger partial charge in [-0.1, -0.05) is 18.0 Å². The van der Waals surface area contributed by atoms with E-state index in [0.29, 0.717) is 6.54 Å². The molecule has 4 N–H and O–H groups in total. The van der Waals surface area contributed by atoms with Gasteiger partial charge in [0, 0.05) is 11.3 Å². The molecule has 0 aromatic carbocycles. The molecular formula is C11H21N3O2S. The Kier molecular flexibility index (Phi) is 5.11. The number of nitrogens with zero attached hydrogens (tertiary/aromatic N) is 1. The lowest BCUT2D eigenvalue weighted by atomic mass is 10.1. The lowest BCUT2D eigenvalue weighted by molar-refractivity contribution is -0.122. The predicted octanol–water partition coefficient (Wildman–Crippen LogP) is 1.16. The highest BCUT2D eigenvalue weighted by atomic mass is 32.2. The van der Waals surface area contributed by atoms with Crippen LogP contribution in [0.1, 0.15) is 32.6 Å². The van der Waals surface area contributed by atoms with E-state index in [2.05, 4.69) is 16.7 Å². The maximum atomic E-state index is 11.8. The Hall–Kier alpha value is -0.910. The third-order valence-electron chi connectivity index (χ3n) is 3.48. The summed E-state index contributed by atoms with van der Waals surface area (Å²) < 4.78 is 0.181. The second-order valence-corrected chi connectivity index (χ2v) is 5.83. The molecule has 0 aromatic heterocycles. The van der Waals surface area contributed by atoms with Gasteiger partial charge in [0.2, 0.25) is 5.91 Å². The molecule has 1 saturated carbocycles. The highest BCUT2D eigenvalue weighted by Crippen LogP contribution is 2.39. The Morgan fingerprint density at radius 3 is 2.65 bits per heavy atom. The van der Waals surface area contributed by atoms with Crippen LogP contribution in [0.5, 0.6) is 0 Å². The summed E-state index contributed by atoms with van der Waals surface area (Å²) in [6, 6.07) is 0. The highest BCUT2D eigenvalue weighted by Gasteiger charge is 2.33. The molecule has 1 unspecified atom stereocenters. The number of carbonyl (C=O) groups is 1. The van der Waals surface area contributed by atoms with Crippen LogP contribution in [0.15, 0.2) is 5.16 Å². The second kappa shape index (κ2) is 6.14. The monoisotopic (exact) mass is 259 g/mol. The van der Waals surface area contributed by atoms with Crippen LogP contribution in [0.3, 0.4) is 0 Å². The minimum Gasteiger partial charge on any atom is -0.409 e. The molecule has 1 aliphatic rings. The maximum Gasteiger partial charge on any atom is 0.230 e. The van der Waals surface area contributed by atoms with Gasteiger partial charge in [0.1, 0.15) is 0 Å². The molecule has 1 amide bonds. The zero-order valence-electron chi connectivity index (χ0n) is 10.4. The summed E-state index contributed by atoms with van der Waals surface area (Å²) in [5.74, 6) is -0.812. The molecule has 0 saturated heterocycles. The summed E-state index contributed by atoms with van der Waals surface area (Å²) >= 11 is 1.82. The summed E-state index contributed by atoms with van der Waals surface area (Å²) in [6.07, 6.45) is 6.84. The summed E-state index contributed by atoms with van der Waals surface area (Å²) in [6.45, 7) is 2.29. The van der Waals surface area contributed by atoms with Gasteiger partial charge in [-0.25, -0.2) is 0 Å². The Labute approximate surface area is 106 Å². The number of oxime groups is 1. The molecule has 0 heterocycles. The van der Waals surface area contributed by atoms with Crippen molar-refractivity contribution in [1.29, 1.82) is 0 Å². The highest BCUT2D eigenvalue weighted by molar-refractivity contribution is 8.00. The molecule has 0 spiro atoms. The van der Waals surface area contributed by atoms with Crippen molar-refractivity contribution in [3.63, 3.8) is 0 Å². The van der Waals surface area contributed by atoms with Crippen molar-refractivity contribution in [2.24, 2.45) is 16.8 Å². The van der Waals surface area contributed by atoms with Gasteiger partial charge in [0.05, 0.1) is 5.92 Å². The Morgan fingerprint density at radius 1 is 1.59 bits per heavy atom. The SMILES string of the molecule is CSC1(CNC(=O)C(C)C(N)=NO)CCCC1. The first-order valence-corrected chi connectivity index (χ1v) is 7.07. The number of amidine groups is 1. The van der Waals surface area contributed by atoms with Crippen molar-refractivity contribution in [1.82, 2.24) is 5.32 Å². The van der Waals surface area contributed by atoms with Crippen molar-refractivity contribution < 1.29 is 10.0 Å². The van der Waals surface area contributed by atoms with Crippen LogP contribution < -0.4 is 11.1 Å². The number of carbonyl (C=O) groups excluding carboxylic acids is 1. The molecule has 17 heavy (non-hydrogen) atoms. The van der Waals surface area contributed by atoms with Gasteiger partial charge in [0.25, 0.3) is 0 Å². The molecule has 1 fully saturated rings. The number of hydrogen-bond donors (Lipinski definition) is 3. The van der Waals surface area contributed by atoms with E-state index in [0.717, 1.165) is 12.8 Å². The number of thioether (sulfide) groups is 1. The van der Waals surface area contributed by atoms with Gasteiger partial charge in [-0.3, -0.25) is 4.79 Å². The fraction of sp³-hybridized carbons (Fsp3) is 0.818.